The standard InChI is InChI=1S/C16H17N5O/c22-16(20-7-8-21-11-18-19-15(21)10-20)6-5-12-9-17-14-4-2-1-3-13(12)14/h1-4,9,11,17H,5-8,10H2. The molecule has 0 saturated heterocycles. The molecule has 1 aliphatic rings. The second-order valence-electron chi connectivity index (χ2n) is 5.62. The fourth-order valence-corrected chi connectivity index (χ4v) is 3.02. The highest BCUT2D eigenvalue weighted by atomic mass is 16.2. The van der Waals surface area contributed by atoms with E-state index in [2.05, 4.69) is 27.3 Å². The summed E-state index contributed by atoms with van der Waals surface area (Å²) in [7, 11) is 0. The van der Waals surface area contributed by atoms with Crippen LogP contribution in [-0.2, 0) is 24.3 Å². The van der Waals surface area contributed by atoms with Crippen LogP contribution < -0.4 is 0 Å². The van der Waals surface area contributed by atoms with E-state index in [1.54, 1.807) is 6.33 Å². The third-order valence-electron chi connectivity index (χ3n) is 4.27. The van der Waals surface area contributed by atoms with Gasteiger partial charge in [0.25, 0.3) is 0 Å². The Balaban J connectivity index is 1.43. The number of H-pyrrole nitrogens is 1. The molecule has 1 N–H and O–H groups in total. The summed E-state index contributed by atoms with van der Waals surface area (Å²) >= 11 is 0. The highest BCUT2D eigenvalue weighted by molar-refractivity contribution is 5.84. The second-order valence-corrected chi connectivity index (χ2v) is 5.62. The summed E-state index contributed by atoms with van der Waals surface area (Å²) in [4.78, 5) is 17.5. The number of hydrogen-bond acceptors (Lipinski definition) is 3. The monoisotopic (exact) mass is 295 g/mol. The smallest absolute Gasteiger partial charge is 0.223 e. The Kier molecular flexibility index (Phi) is 3.14. The Morgan fingerprint density at radius 2 is 2.18 bits per heavy atom. The summed E-state index contributed by atoms with van der Waals surface area (Å²) in [5.41, 5.74) is 2.32. The molecular weight excluding hydrogens is 278 g/mol. The molecule has 1 amide bonds. The zero-order valence-corrected chi connectivity index (χ0v) is 12.2. The van der Waals surface area contributed by atoms with Gasteiger partial charge in [0, 0.05) is 36.6 Å². The van der Waals surface area contributed by atoms with E-state index in [1.807, 2.05) is 27.8 Å². The average molecular weight is 295 g/mol. The number of aromatic nitrogens is 4. The van der Waals surface area contributed by atoms with Gasteiger partial charge in [-0.3, -0.25) is 4.79 Å². The van der Waals surface area contributed by atoms with Crippen LogP contribution in [-0.4, -0.2) is 37.1 Å². The third kappa shape index (κ3) is 2.26. The van der Waals surface area contributed by atoms with E-state index >= 15 is 0 Å². The van der Waals surface area contributed by atoms with E-state index in [-0.39, 0.29) is 5.91 Å². The third-order valence-corrected chi connectivity index (χ3v) is 4.27. The molecule has 6 heteroatoms. The van der Waals surface area contributed by atoms with Crippen molar-refractivity contribution < 1.29 is 4.79 Å². The summed E-state index contributed by atoms with van der Waals surface area (Å²) < 4.78 is 2.00. The van der Waals surface area contributed by atoms with Crippen LogP contribution in [0.5, 0.6) is 0 Å². The van der Waals surface area contributed by atoms with Gasteiger partial charge in [-0.25, -0.2) is 0 Å². The molecule has 0 unspecified atom stereocenters. The summed E-state index contributed by atoms with van der Waals surface area (Å²) in [5.74, 6) is 1.05. The molecule has 0 atom stereocenters. The molecule has 6 nitrogen and oxygen atoms in total. The first-order chi connectivity index (χ1) is 10.8. The van der Waals surface area contributed by atoms with E-state index in [0.29, 0.717) is 13.0 Å². The minimum absolute atomic E-state index is 0.180. The van der Waals surface area contributed by atoms with Gasteiger partial charge < -0.3 is 14.5 Å². The number of nitrogens with zero attached hydrogens (tertiary/aromatic N) is 4. The molecule has 3 aromatic rings. The Morgan fingerprint density at radius 1 is 1.27 bits per heavy atom. The highest BCUT2D eigenvalue weighted by Crippen LogP contribution is 2.20. The average Bonchev–Trinajstić information content (AvgIpc) is 3.18. The lowest BCUT2D eigenvalue weighted by molar-refractivity contribution is -0.132. The molecule has 0 radical (unpaired) electrons. The molecule has 0 fully saturated rings. The number of carbonyl (C=O) groups is 1. The SMILES string of the molecule is O=C(CCc1c[nH]c2ccccc12)N1CCn2cnnc2C1. The van der Waals surface area contributed by atoms with Crippen molar-refractivity contribution >= 4 is 16.8 Å². The molecule has 112 valence electrons. The lowest BCUT2D eigenvalue weighted by Gasteiger charge is -2.27. The Bertz CT molecular complexity index is 819. The molecule has 3 heterocycles. The molecular formula is C16H17N5O. The van der Waals surface area contributed by atoms with Crippen molar-refractivity contribution in [2.45, 2.75) is 25.9 Å². The fourth-order valence-electron chi connectivity index (χ4n) is 3.02. The summed E-state index contributed by atoms with van der Waals surface area (Å²) in [6.07, 6.45) is 5.01. The fraction of sp³-hybridized carbons (Fsp3) is 0.312. The molecule has 0 bridgehead atoms. The molecule has 0 spiro atoms. The molecule has 2 aromatic heterocycles. The molecule has 22 heavy (non-hydrogen) atoms. The van der Waals surface area contributed by atoms with Crippen LogP contribution in [0.4, 0.5) is 0 Å². The van der Waals surface area contributed by atoms with E-state index in [9.17, 15) is 4.79 Å². The van der Waals surface area contributed by atoms with Crippen LogP contribution in [0.2, 0.25) is 0 Å². The maximum atomic E-state index is 12.4. The van der Waals surface area contributed by atoms with Crippen LogP contribution in [0.1, 0.15) is 17.8 Å². The normalized spacial score (nSPS) is 14.3. The van der Waals surface area contributed by atoms with Crippen LogP contribution in [0, 0.1) is 0 Å². The summed E-state index contributed by atoms with van der Waals surface area (Å²) in [5, 5.41) is 9.15. The number of hydrogen-bond donors (Lipinski definition) is 1. The molecule has 4 rings (SSSR count). The van der Waals surface area contributed by atoms with Gasteiger partial charge >= 0.3 is 0 Å². The first-order valence-electron chi connectivity index (χ1n) is 7.51. The predicted molar refractivity (Wildman–Crippen MR) is 82.1 cm³/mol. The lowest BCUT2D eigenvalue weighted by Crippen LogP contribution is -2.38. The number of aryl methyl sites for hydroxylation is 1. The largest absolute Gasteiger partial charge is 0.361 e. The molecule has 0 saturated carbocycles. The van der Waals surface area contributed by atoms with Gasteiger partial charge in [0.05, 0.1) is 6.54 Å². The number of carbonyl (C=O) groups excluding carboxylic acids is 1. The van der Waals surface area contributed by atoms with Gasteiger partial charge in [-0.15, -0.1) is 10.2 Å². The van der Waals surface area contributed by atoms with E-state index < -0.39 is 0 Å². The number of fused-ring (bicyclic) bond motifs is 2. The summed E-state index contributed by atoms with van der Waals surface area (Å²) in [6, 6.07) is 8.18. The quantitative estimate of drug-likeness (QED) is 0.800. The molecule has 0 aliphatic carbocycles. The minimum Gasteiger partial charge on any atom is -0.361 e. The topological polar surface area (TPSA) is 66.8 Å². The van der Waals surface area contributed by atoms with Crippen molar-refractivity contribution in [1.82, 2.24) is 24.6 Å². The van der Waals surface area contributed by atoms with Crippen LogP contribution in [0.15, 0.2) is 36.8 Å². The number of benzene rings is 1. The number of rotatable bonds is 3. The van der Waals surface area contributed by atoms with Crippen LogP contribution in [0.3, 0.4) is 0 Å². The van der Waals surface area contributed by atoms with Crippen molar-refractivity contribution in [3.63, 3.8) is 0 Å². The van der Waals surface area contributed by atoms with Gasteiger partial charge in [0.1, 0.15) is 6.33 Å². The highest BCUT2D eigenvalue weighted by Gasteiger charge is 2.21. The number of nitrogens with one attached hydrogen (secondary N) is 1. The van der Waals surface area contributed by atoms with Crippen molar-refractivity contribution in [3.05, 3.63) is 48.2 Å². The van der Waals surface area contributed by atoms with Crippen molar-refractivity contribution in [2.75, 3.05) is 6.54 Å². The van der Waals surface area contributed by atoms with Gasteiger partial charge in [-0.05, 0) is 18.1 Å². The van der Waals surface area contributed by atoms with Gasteiger partial charge in [-0.1, -0.05) is 18.2 Å². The zero-order chi connectivity index (χ0) is 14.9. The maximum absolute atomic E-state index is 12.4. The zero-order valence-electron chi connectivity index (χ0n) is 12.2. The van der Waals surface area contributed by atoms with E-state index in [0.717, 1.165) is 30.9 Å². The first kappa shape index (κ1) is 13.1. The van der Waals surface area contributed by atoms with Crippen LogP contribution >= 0.6 is 0 Å². The predicted octanol–water partition coefficient (Wildman–Crippen LogP) is 1.73. The van der Waals surface area contributed by atoms with Gasteiger partial charge in [-0.2, -0.15) is 0 Å². The number of amides is 1. The number of aromatic amines is 1. The van der Waals surface area contributed by atoms with Crippen LogP contribution in [0.25, 0.3) is 10.9 Å². The Hall–Kier alpha value is -2.63. The van der Waals surface area contributed by atoms with Crippen molar-refractivity contribution in [3.8, 4) is 0 Å². The molecule has 1 aromatic carbocycles. The van der Waals surface area contributed by atoms with Crippen molar-refractivity contribution in [2.24, 2.45) is 0 Å². The van der Waals surface area contributed by atoms with Gasteiger partial charge in [0.2, 0.25) is 5.91 Å². The van der Waals surface area contributed by atoms with Crippen molar-refractivity contribution in [1.29, 1.82) is 0 Å². The van der Waals surface area contributed by atoms with E-state index in [4.69, 9.17) is 0 Å². The van der Waals surface area contributed by atoms with Gasteiger partial charge in [0.15, 0.2) is 5.82 Å². The molecule has 1 aliphatic heterocycles. The lowest BCUT2D eigenvalue weighted by atomic mass is 10.1. The Labute approximate surface area is 127 Å². The van der Waals surface area contributed by atoms with E-state index in [1.165, 1.54) is 10.9 Å². The minimum atomic E-state index is 0.180. The maximum Gasteiger partial charge on any atom is 0.223 e. The first-order valence-corrected chi connectivity index (χ1v) is 7.51. The Morgan fingerprint density at radius 3 is 3.14 bits per heavy atom. The second kappa shape index (κ2) is 5.29. The number of para-hydroxylation sites is 1. The summed E-state index contributed by atoms with van der Waals surface area (Å²) in [6.45, 7) is 2.08.